The van der Waals surface area contributed by atoms with Gasteiger partial charge in [-0.2, -0.15) is 0 Å². The molecule has 0 aliphatic carbocycles. The van der Waals surface area contributed by atoms with Gasteiger partial charge in [0.15, 0.2) is 0 Å². The SMILES string of the molecule is COCc1cccc(C(=O)N(Cc2cccs2)Cc2ccccc2OC)c1. The van der Waals surface area contributed by atoms with E-state index in [-0.39, 0.29) is 5.91 Å². The lowest BCUT2D eigenvalue weighted by atomic mass is 10.1. The predicted octanol–water partition coefficient (Wildman–Crippen LogP) is 4.75. The van der Waals surface area contributed by atoms with Crippen molar-refractivity contribution in [2.45, 2.75) is 19.7 Å². The standard InChI is InChI=1S/C22H23NO3S/c1-25-16-17-7-5-9-18(13-17)22(24)23(15-20-10-6-12-27-20)14-19-8-3-4-11-21(19)26-2/h3-13H,14-16H2,1-2H3. The van der Waals surface area contributed by atoms with Crippen molar-refractivity contribution in [2.24, 2.45) is 0 Å². The highest BCUT2D eigenvalue weighted by molar-refractivity contribution is 7.09. The molecule has 0 saturated heterocycles. The number of hydrogen-bond acceptors (Lipinski definition) is 4. The highest BCUT2D eigenvalue weighted by atomic mass is 32.1. The number of carbonyl (C=O) groups is 1. The van der Waals surface area contributed by atoms with Crippen LogP contribution in [-0.4, -0.2) is 25.0 Å². The normalized spacial score (nSPS) is 10.6. The number of benzene rings is 2. The van der Waals surface area contributed by atoms with Crippen LogP contribution in [0.1, 0.15) is 26.4 Å². The highest BCUT2D eigenvalue weighted by Crippen LogP contribution is 2.23. The number of hydrogen-bond donors (Lipinski definition) is 0. The summed E-state index contributed by atoms with van der Waals surface area (Å²) in [5, 5.41) is 2.03. The minimum Gasteiger partial charge on any atom is -0.496 e. The maximum Gasteiger partial charge on any atom is 0.254 e. The fraction of sp³-hybridized carbons (Fsp3) is 0.227. The Hall–Kier alpha value is -2.63. The Morgan fingerprint density at radius 2 is 1.85 bits per heavy atom. The monoisotopic (exact) mass is 381 g/mol. The van der Waals surface area contributed by atoms with Crippen LogP contribution in [-0.2, 0) is 24.4 Å². The van der Waals surface area contributed by atoms with E-state index >= 15 is 0 Å². The topological polar surface area (TPSA) is 38.8 Å². The van der Waals surface area contributed by atoms with Gasteiger partial charge in [0.2, 0.25) is 0 Å². The Balaban J connectivity index is 1.89. The molecular weight excluding hydrogens is 358 g/mol. The molecule has 1 aromatic heterocycles. The summed E-state index contributed by atoms with van der Waals surface area (Å²) < 4.78 is 10.7. The molecule has 0 bridgehead atoms. The third-order valence-electron chi connectivity index (χ3n) is 4.25. The van der Waals surface area contributed by atoms with Gasteiger partial charge in [-0.3, -0.25) is 4.79 Å². The number of methoxy groups -OCH3 is 2. The maximum atomic E-state index is 13.3. The van der Waals surface area contributed by atoms with Crippen molar-refractivity contribution >= 4 is 17.2 Å². The summed E-state index contributed by atoms with van der Waals surface area (Å²) in [5.74, 6) is 0.780. The van der Waals surface area contributed by atoms with Gasteiger partial charge in [0.25, 0.3) is 5.91 Å². The molecule has 140 valence electrons. The average molecular weight is 381 g/mol. The van der Waals surface area contributed by atoms with E-state index in [9.17, 15) is 4.79 Å². The first kappa shape index (κ1) is 19.1. The quantitative estimate of drug-likeness (QED) is 0.565. The summed E-state index contributed by atoms with van der Waals surface area (Å²) in [6.07, 6.45) is 0. The second-order valence-corrected chi connectivity index (χ2v) is 7.22. The fourth-order valence-electron chi connectivity index (χ4n) is 2.97. The third kappa shape index (κ3) is 4.96. The lowest BCUT2D eigenvalue weighted by Gasteiger charge is -2.23. The van der Waals surface area contributed by atoms with Crippen molar-refractivity contribution in [3.63, 3.8) is 0 Å². The Bertz CT molecular complexity index is 877. The first-order valence-electron chi connectivity index (χ1n) is 8.72. The predicted molar refractivity (Wildman–Crippen MR) is 108 cm³/mol. The van der Waals surface area contributed by atoms with Gasteiger partial charge in [-0.15, -0.1) is 11.3 Å². The molecule has 0 fully saturated rings. The highest BCUT2D eigenvalue weighted by Gasteiger charge is 2.19. The van der Waals surface area contributed by atoms with Crippen LogP contribution in [0, 0.1) is 0 Å². The first-order valence-corrected chi connectivity index (χ1v) is 9.60. The minimum absolute atomic E-state index is 0.00717. The van der Waals surface area contributed by atoms with Crippen LogP contribution in [0.25, 0.3) is 0 Å². The molecule has 2 aromatic carbocycles. The number of rotatable bonds is 8. The molecule has 0 unspecified atom stereocenters. The molecule has 3 rings (SSSR count). The minimum atomic E-state index is -0.00717. The molecule has 5 heteroatoms. The second-order valence-electron chi connectivity index (χ2n) is 6.19. The molecule has 0 aliphatic heterocycles. The van der Waals surface area contributed by atoms with E-state index in [0.29, 0.717) is 25.3 Å². The van der Waals surface area contributed by atoms with E-state index in [4.69, 9.17) is 9.47 Å². The van der Waals surface area contributed by atoms with Crippen LogP contribution in [0.5, 0.6) is 5.75 Å². The van der Waals surface area contributed by atoms with E-state index in [1.165, 1.54) is 0 Å². The molecule has 0 saturated carbocycles. The maximum absolute atomic E-state index is 13.3. The number of para-hydroxylation sites is 1. The first-order chi connectivity index (χ1) is 13.2. The van der Waals surface area contributed by atoms with Gasteiger partial charge in [-0.05, 0) is 35.2 Å². The zero-order valence-electron chi connectivity index (χ0n) is 15.6. The summed E-state index contributed by atoms with van der Waals surface area (Å²) in [4.78, 5) is 16.3. The van der Waals surface area contributed by atoms with Crippen LogP contribution in [0.15, 0.2) is 66.0 Å². The van der Waals surface area contributed by atoms with Crippen molar-refractivity contribution in [3.8, 4) is 5.75 Å². The molecule has 4 nitrogen and oxygen atoms in total. The Labute approximate surface area is 164 Å². The number of ether oxygens (including phenoxy) is 2. The van der Waals surface area contributed by atoms with Crippen LogP contribution < -0.4 is 4.74 Å². The summed E-state index contributed by atoms with van der Waals surface area (Å²) in [6.45, 7) is 1.52. The summed E-state index contributed by atoms with van der Waals surface area (Å²) in [6, 6.07) is 19.5. The molecule has 1 heterocycles. The second kappa shape index (κ2) is 9.35. The number of carbonyl (C=O) groups excluding carboxylic acids is 1. The van der Waals surface area contributed by atoms with E-state index in [1.54, 1.807) is 25.6 Å². The molecule has 0 radical (unpaired) electrons. The van der Waals surface area contributed by atoms with Gasteiger partial charge >= 0.3 is 0 Å². The fourth-order valence-corrected chi connectivity index (χ4v) is 3.69. The smallest absolute Gasteiger partial charge is 0.254 e. The van der Waals surface area contributed by atoms with E-state index in [0.717, 1.165) is 21.8 Å². The van der Waals surface area contributed by atoms with Crippen LogP contribution in [0.4, 0.5) is 0 Å². The average Bonchev–Trinajstić information content (AvgIpc) is 3.21. The van der Waals surface area contributed by atoms with Gasteiger partial charge < -0.3 is 14.4 Å². The molecular formula is C22H23NO3S. The van der Waals surface area contributed by atoms with Crippen LogP contribution in [0.3, 0.4) is 0 Å². The number of thiophene rings is 1. The summed E-state index contributed by atoms with van der Waals surface area (Å²) >= 11 is 1.65. The van der Waals surface area contributed by atoms with Crippen LogP contribution in [0.2, 0.25) is 0 Å². The van der Waals surface area contributed by atoms with Gasteiger partial charge in [0, 0.05) is 23.1 Å². The lowest BCUT2D eigenvalue weighted by molar-refractivity contribution is 0.0730. The Kier molecular flexibility index (Phi) is 6.63. The van der Waals surface area contributed by atoms with Crippen LogP contribution >= 0.6 is 11.3 Å². The molecule has 1 amide bonds. The van der Waals surface area contributed by atoms with E-state index < -0.39 is 0 Å². The van der Waals surface area contributed by atoms with Crippen molar-refractivity contribution < 1.29 is 14.3 Å². The van der Waals surface area contributed by atoms with Crippen molar-refractivity contribution in [2.75, 3.05) is 14.2 Å². The molecule has 3 aromatic rings. The summed E-state index contributed by atoms with van der Waals surface area (Å²) in [5.41, 5.74) is 2.63. The van der Waals surface area contributed by atoms with Gasteiger partial charge in [-0.1, -0.05) is 36.4 Å². The summed E-state index contributed by atoms with van der Waals surface area (Å²) in [7, 11) is 3.30. The number of nitrogens with zero attached hydrogens (tertiary/aromatic N) is 1. The van der Waals surface area contributed by atoms with Crippen molar-refractivity contribution in [3.05, 3.63) is 87.6 Å². The van der Waals surface area contributed by atoms with E-state index in [1.807, 2.05) is 64.9 Å². The van der Waals surface area contributed by atoms with E-state index in [2.05, 4.69) is 6.07 Å². The Morgan fingerprint density at radius 1 is 1.00 bits per heavy atom. The zero-order chi connectivity index (χ0) is 19.1. The van der Waals surface area contributed by atoms with Crippen molar-refractivity contribution in [1.29, 1.82) is 0 Å². The lowest BCUT2D eigenvalue weighted by Crippen LogP contribution is -2.30. The molecule has 0 spiro atoms. The zero-order valence-corrected chi connectivity index (χ0v) is 16.4. The molecule has 0 N–H and O–H groups in total. The van der Waals surface area contributed by atoms with Gasteiger partial charge in [0.1, 0.15) is 5.75 Å². The molecule has 0 atom stereocenters. The third-order valence-corrected chi connectivity index (χ3v) is 5.11. The van der Waals surface area contributed by atoms with Gasteiger partial charge in [0.05, 0.1) is 26.8 Å². The van der Waals surface area contributed by atoms with Crippen molar-refractivity contribution in [1.82, 2.24) is 4.90 Å². The van der Waals surface area contributed by atoms with Gasteiger partial charge in [-0.25, -0.2) is 0 Å². The molecule has 27 heavy (non-hydrogen) atoms. The molecule has 0 aliphatic rings. The Morgan fingerprint density at radius 3 is 2.59 bits per heavy atom. The number of amides is 1. The largest absolute Gasteiger partial charge is 0.496 e.